The molecule has 0 radical (unpaired) electrons. The highest BCUT2D eigenvalue weighted by Crippen LogP contribution is 2.22. The Morgan fingerprint density at radius 2 is 2.09 bits per heavy atom. The lowest BCUT2D eigenvalue weighted by atomic mass is 10.1. The van der Waals surface area contributed by atoms with Crippen LogP contribution in [-0.4, -0.2) is 43.6 Å². The standard InChI is InChI=1S/C17H27N3O2/c1-2-22-16-8-7-14(13-15(16)18)17(21)19-9-3-4-10-20-11-5-6-12-20/h7-8,13H,2-6,9-12,18H2,1H3,(H,19,21). The molecule has 1 heterocycles. The fraction of sp³-hybridized carbons (Fsp3) is 0.588. The van der Waals surface area contributed by atoms with Crippen molar-refractivity contribution in [1.29, 1.82) is 0 Å². The number of anilines is 1. The molecule has 1 saturated heterocycles. The molecule has 122 valence electrons. The predicted molar refractivity (Wildman–Crippen MR) is 89.3 cm³/mol. The number of hydrogen-bond donors (Lipinski definition) is 2. The highest BCUT2D eigenvalue weighted by molar-refractivity contribution is 5.95. The minimum atomic E-state index is -0.0732. The minimum absolute atomic E-state index is 0.0732. The Morgan fingerprint density at radius 3 is 2.77 bits per heavy atom. The number of hydrogen-bond acceptors (Lipinski definition) is 4. The van der Waals surface area contributed by atoms with Crippen molar-refractivity contribution in [3.63, 3.8) is 0 Å². The molecule has 5 nitrogen and oxygen atoms in total. The molecule has 5 heteroatoms. The summed E-state index contributed by atoms with van der Waals surface area (Å²) in [6.45, 7) is 6.79. The number of likely N-dealkylation sites (tertiary alicyclic amines) is 1. The van der Waals surface area contributed by atoms with E-state index in [4.69, 9.17) is 10.5 Å². The van der Waals surface area contributed by atoms with Gasteiger partial charge >= 0.3 is 0 Å². The van der Waals surface area contributed by atoms with Gasteiger partial charge in [0.05, 0.1) is 12.3 Å². The third-order valence-corrected chi connectivity index (χ3v) is 3.96. The van der Waals surface area contributed by atoms with Crippen LogP contribution in [0.2, 0.25) is 0 Å². The summed E-state index contributed by atoms with van der Waals surface area (Å²) in [5.41, 5.74) is 6.97. The van der Waals surface area contributed by atoms with Crippen LogP contribution < -0.4 is 15.8 Å². The van der Waals surface area contributed by atoms with E-state index >= 15 is 0 Å². The molecule has 22 heavy (non-hydrogen) atoms. The van der Waals surface area contributed by atoms with Gasteiger partial charge in [0, 0.05) is 12.1 Å². The number of carbonyl (C=O) groups excluding carboxylic acids is 1. The van der Waals surface area contributed by atoms with Crippen LogP contribution in [0.3, 0.4) is 0 Å². The van der Waals surface area contributed by atoms with E-state index in [0.29, 0.717) is 30.2 Å². The highest BCUT2D eigenvalue weighted by atomic mass is 16.5. The lowest BCUT2D eigenvalue weighted by Crippen LogP contribution is -2.26. The van der Waals surface area contributed by atoms with Crippen molar-refractivity contribution in [3.8, 4) is 5.75 Å². The molecule has 0 saturated carbocycles. The number of ether oxygens (including phenoxy) is 1. The number of nitrogens with zero attached hydrogens (tertiary/aromatic N) is 1. The van der Waals surface area contributed by atoms with E-state index < -0.39 is 0 Å². The van der Waals surface area contributed by atoms with Gasteiger partial charge in [-0.25, -0.2) is 0 Å². The van der Waals surface area contributed by atoms with Gasteiger partial charge in [-0.1, -0.05) is 0 Å². The van der Waals surface area contributed by atoms with Crippen LogP contribution in [0.4, 0.5) is 5.69 Å². The smallest absolute Gasteiger partial charge is 0.251 e. The molecule has 1 aromatic carbocycles. The molecule has 2 rings (SSSR count). The molecule has 0 bridgehead atoms. The molecule has 0 atom stereocenters. The van der Waals surface area contributed by atoms with Crippen LogP contribution in [0.1, 0.15) is 43.0 Å². The number of nitrogen functional groups attached to an aromatic ring is 1. The topological polar surface area (TPSA) is 67.6 Å². The summed E-state index contributed by atoms with van der Waals surface area (Å²) >= 11 is 0. The Hall–Kier alpha value is -1.75. The number of carbonyl (C=O) groups is 1. The minimum Gasteiger partial charge on any atom is -0.492 e. The van der Waals surface area contributed by atoms with Gasteiger partial charge < -0.3 is 20.7 Å². The van der Waals surface area contributed by atoms with E-state index in [1.807, 2.05) is 6.92 Å². The van der Waals surface area contributed by atoms with Crippen molar-refractivity contribution in [3.05, 3.63) is 23.8 Å². The quantitative estimate of drug-likeness (QED) is 0.571. The number of rotatable bonds is 8. The Balaban J connectivity index is 1.69. The molecule has 1 aliphatic heterocycles. The third-order valence-electron chi connectivity index (χ3n) is 3.96. The fourth-order valence-electron chi connectivity index (χ4n) is 2.75. The predicted octanol–water partition coefficient (Wildman–Crippen LogP) is 2.27. The van der Waals surface area contributed by atoms with Gasteiger partial charge in [0.15, 0.2) is 0 Å². The van der Waals surface area contributed by atoms with E-state index in [1.165, 1.54) is 25.9 Å². The summed E-state index contributed by atoms with van der Waals surface area (Å²) in [5.74, 6) is 0.556. The van der Waals surface area contributed by atoms with Gasteiger partial charge in [-0.05, 0) is 70.4 Å². The average molecular weight is 305 g/mol. The summed E-state index contributed by atoms with van der Waals surface area (Å²) in [7, 11) is 0. The van der Waals surface area contributed by atoms with Gasteiger partial charge in [-0.2, -0.15) is 0 Å². The normalized spacial score (nSPS) is 15.0. The molecule has 1 aromatic rings. The van der Waals surface area contributed by atoms with Gasteiger partial charge in [0.25, 0.3) is 5.91 Å². The number of unbranched alkanes of at least 4 members (excludes halogenated alkanes) is 1. The summed E-state index contributed by atoms with van der Waals surface area (Å²) in [6.07, 6.45) is 4.80. The number of nitrogens with two attached hydrogens (primary N) is 1. The first-order valence-electron chi connectivity index (χ1n) is 8.23. The van der Waals surface area contributed by atoms with Crippen LogP contribution in [0, 0.1) is 0 Å². The lowest BCUT2D eigenvalue weighted by molar-refractivity contribution is 0.0952. The fourth-order valence-corrected chi connectivity index (χ4v) is 2.75. The Kier molecular flexibility index (Phi) is 6.52. The first-order valence-corrected chi connectivity index (χ1v) is 8.23. The SMILES string of the molecule is CCOc1ccc(C(=O)NCCCCN2CCCC2)cc1N. The second-order valence-electron chi connectivity index (χ2n) is 5.70. The molecule has 1 aliphatic rings. The molecule has 1 amide bonds. The van der Waals surface area contributed by atoms with Crippen LogP contribution in [0.15, 0.2) is 18.2 Å². The second kappa shape index (κ2) is 8.63. The van der Waals surface area contributed by atoms with Crippen molar-refractivity contribution >= 4 is 11.6 Å². The zero-order chi connectivity index (χ0) is 15.8. The summed E-state index contributed by atoms with van der Waals surface area (Å²) in [6, 6.07) is 5.17. The van der Waals surface area contributed by atoms with Crippen molar-refractivity contribution in [1.82, 2.24) is 10.2 Å². The summed E-state index contributed by atoms with van der Waals surface area (Å²) < 4.78 is 5.37. The molecular weight excluding hydrogens is 278 g/mol. The maximum atomic E-state index is 12.1. The van der Waals surface area contributed by atoms with Crippen molar-refractivity contribution in [2.45, 2.75) is 32.6 Å². The second-order valence-corrected chi connectivity index (χ2v) is 5.70. The van der Waals surface area contributed by atoms with Crippen LogP contribution in [-0.2, 0) is 0 Å². The van der Waals surface area contributed by atoms with E-state index in [9.17, 15) is 4.79 Å². The number of amides is 1. The Bertz CT molecular complexity index is 485. The highest BCUT2D eigenvalue weighted by Gasteiger charge is 2.11. The maximum Gasteiger partial charge on any atom is 0.251 e. The van der Waals surface area contributed by atoms with Crippen LogP contribution >= 0.6 is 0 Å². The molecule has 0 spiro atoms. The van der Waals surface area contributed by atoms with E-state index in [1.54, 1.807) is 18.2 Å². The first-order chi connectivity index (χ1) is 10.7. The summed E-state index contributed by atoms with van der Waals surface area (Å²) in [4.78, 5) is 14.6. The van der Waals surface area contributed by atoms with Crippen LogP contribution in [0.25, 0.3) is 0 Å². The summed E-state index contributed by atoms with van der Waals surface area (Å²) in [5, 5.41) is 2.95. The zero-order valence-electron chi connectivity index (χ0n) is 13.4. The average Bonchev–Trinajstić information content (AvgIpc) is 3.02. The molecule has 1 fully saturated rings. The molecule has 0 aromatic heterocycles. The monoisotopic (exact) mass is 305 g/mol. The van der Waals surface area contributed by atoms with Gasteiger partial charge in [0.2, 0.25) is 0 Å². The van der Waals surface area contributed by atoms with Crippen molar-refractivity contribution in [2.75, 3.05) is 38.5 Å². The molecule has 0 unspecified atom stereocenters. The van der Waals surface area contributed by atoms with Gasteiger partial charge in [-0.15, -0.1) is 0 Å². The maximum absolute atomic E-state index is 12.1. The van der Waals surface area contributed by atoms with Crippen LogP contribution in [0.5, 0.6) is 5.75 Å². The van der Waals surface area contributed by atoms with Crippen molar-refractivity contribution in [2.24, 2.45) is 0 Å². The zero-order valence-corrected chi connectivity index (χ0v) is 13.4. The van der Waals surface area contributed by atoms with E-state index in [0.717, 1.165) is 19.4 Å². The van der Waals surface area contributed by atoms with E-state index in [2.05, 4.69) is 10.2 Å². The van der Waals surface area contributed by atoms with E-state index in [-0.39, 0.29) is 5.91 Å². The van der Waals surface area contributed by atoms with Gasteiger partial charge in [-0.3, -0.25) is 4.79 Å². The largest absolute Gasteiger partial charge is 0.492 e. The Labute approximate surface area is 132 Å². The molecular formula is C17H27N3O2. The Morgan fingerprint density at radius 1 is 1.32 bits per heavy atom. The molecule has 3 N–H and O–H groups in total. The number of nitrogens with one attached hydrogen (secondary N) is 1. The number of benzene rings is 1. The third kappa shape index (κ3) is 4.91. The first kappa shape index (κ1) is 16.6. The molecule has 0 aliphatic carbocycles. The van der Waals surface area contributed by atoms with Gasteiger partial charge in [0.1, 0.15) is 5.75 Å². The van der Waals surface area contributed by atoms with Crippen molar-refractivity contribution < 1.29 is 9.53 Å². The lowest BCUT2D eigenvalue weighted by Gasteiger charge is -2.14.